The molecule has 1 aliphatic rings. The number of nitrogens with two attached hydrogens (primary N) is 1. The molecule has 31 heavy (non-hydrogen) atoms. The first-order chi connectivity index (χ1) is 14.8. The normalized spacial score (nSPS) is 13.8. The molecule has 4 rings (SSSR count). The summed E-state index contributed by atoms with van der Waals surface area (Å²) in [6.07, 6.45) is 3.93. The number of nitrogens with one attached hydrogen (secondary N) is 1. The number of carbonyl (C=O) groups is 1. The van der Waals surface area contributed by atoms with E-state index in [4.69, 9.17) is 5.73 Å². The summed E-state index contributed by atoms with van der Waals surface area (Å²) in [5.41, 5.74) is 10.1. The molecule has 0 spiro atoms. The number of anilines is 1. The highest BCUT2D eigenvalue weighted by Gasteiger charge is 2.23. The van der Waals surface area contributed by atoms with Crippen LogP contribution in [0.1, 0.15) is 41.3 Å². The van der Waals surface area contributed by atoms with Gasteiger partial charge in [-0.15, -0.1) is 0 Å². The molecule has 3 N–H and O–H groups in total. The van der Waals surface area contributed by atoms with E-state index < -0.39 is 10.0 Å². The van der Waals surface area contributed by atoms with Gasteiger partial charge in [-0.3, -0.25) is 4.79 Å². The number of nitrogen functional groups attached to an aromatic ring is 1. The first-order valence-corrected chi connectivity index (χ1v) is 12.5. The molecule has 0 atom stereocenters. The molecular weight excluding hydrogens is 436 g/mol. The van der Waals surface area contributed by atoms with Crippen molar-refractivity contribution in [2.24, 2.45) is 0 Å². The summed E-state index contributed by atoms with van der Waals surface area (Å²) in [7, 11) is -1.91. The number of sulfonamides is 1. The van der Waals surface area contributed by atoms with Crippen molar-refractivity contribution >= 4 is 44.6 Å². The molecule has 2 heterocycles. The maximum absolute atomic E-state index is 12.3. The van der Waals surface area contributed by atoms with Crippen molar-refractivity contribution in [3.8, 4) is 0 Å². The number of carbonyl (C=O) groups excluding carboxylic acids is 1. The van der Waals surface area contributed by atoms with Crippen LogP contribution in [0.3, 0.4) is 0 Å². The number of ketones is 1. The van der Waals surface area contributed by atoms with Crippen LogP contribution < -0.4 is 10.5 Å². The van der Waals surface area contributed by atoms with Crippen molar-refractivity contribution in [3.05, 3.63) is 35.2 Å². The maximum Gasteiger partial charge on any atom is 0.211 e. The number of rotatable bonds is 8. The summed E-state index contributed by atoms with van der Waals surface area (Å²) in [5, 5.41) is 0.643. The van der Waals surface area contributed by atoms with Crippen LogP contribution in [-0.4, -0.2) is 46.5 Å². The number of aryl methyl sites for hydroxylation is 3. The smallest absolute Gasteiger partial charge is 0.211 e. The molecule has 11 heteroatoms. The molecule has 3 aromatic rings. The number of hydrogen-bond acceptors (Lipinski definition) is 8. The topological polar surface area (TPSA) is 133 Å². The lowest BCUT2D eigenvalue weighted by Gasteiger charge is -2.12. The Bertz CT molecular complexity index is 1270. The predicted molar refractivity (Wildman–Crippen MR) is 120 cm³/mol. The zero-order chi connectivity index (χ0) is 22.2. The van der Waals surface area contributed by atoms with E-state index >= 15 is 0 Å². The fourth-order valence-electron chi connectivity index (χ4n) is 3.72. The summed E-state index contributed by atoms with van der Waals surface area (Å²) in [4.78, 5) is 26.2. The van der Waals surface area contributed by atoms with Crippen LogP contribution in [-0.2, 0) is 29.4 Å². The molecule has 2 aromatic heterocycles. The Morgan fingerprint density at radius 3 is 2.81 bits per heavy atom. The third-order valence-corrected chi connectivity index (χ3v) is 7.96. The zero-order valence-electron chi connectivity index (χ0n) is 17.4. The number of fused-ring (bicyclic) bond motifs is 2. The van der Waals surface area contributed by atoms with Gasteiger partial charge in [0.15, 0.2) is 27.9 Å². The molecule has 0 bridgehead atoms. The lowest BCUT2D eigenvalue weighted by Crippen LogP contribution is -2.22. The summed E-state index contributed by atoms with van der Waals surface area (Å²) in [6, 6.07) is 4.07. The van der Waals surface area contributed by atoms with Gasteiger partial charge >= 0.3 is 0 Å². The van der Waals surface area contributed by atoms with Gasteiger partial charge in [0.2, 0.25) is 10.0 Å². The molecule has 1 aromatic carbocycles. The second-order valence-corrected chi connectivity index (χ2v) is 10.4. The van der Waals surface area contributed by atoms with Crippen molar-refractivity contribution in [3.63, 3.8) is 0 Å². The summed E-state index contributed by atoms with van der Waals surface area (Å²) < 4.78 is 27.9. The van der Waals surface area contributed by atoms with Gasteiger partial charge in [0.1, 0.15) is 6.33 Å². The lowest BCUT2D eigenvalue weighted by atomic mass is 10.0. The fraction of sp³-hybridized carbons (Fsp3) is 0.400. The summed E-state index contributed by atoms with van der Waals surface area (Å²) in [5.74, 6) is 0.426. The van der Waals surface area contributed by atoms with E-state index in [2.05, 4.69) is 32.7 Å². The van der Waals surface area contributed by atoms with E-state index in [1.54, 1.807) is 0 Å². The molecule has 0 saturated heterocycles. The van der Waals surface area contributed by atoms with Crippen molar-refractivity contribution in [2.45, 2.75) is 49.2 Å². The highest BCUT2D eigenvalue weighted by Crippen LogP contribution is 2.36. The van der Waals surface area contributed by atoms with E-state index in [9.17, 15) is 13.2 Å². The Kier molecular flexibility index (Phi) is 6.00. The Hall–Kier alpha value is -2.50. The van der Waals surface area contributed by atoms with Crippen LogP contribution >= 0.6 is 11.8 Å². The fourth-order valence-corrected chi connectivity index (χ4v) is 5.57. The van der Waals surface area contributed by atoms with Crippen LogP contribution in [0.15, 0.2) is 28.5 Å². The second-order valence-electron chi connectivity index (χ2n) is 7.35. The number of imidazole rings is 1. The Labute approximate surface area is 184 Å². The largest absolute Gasteiger partial charge is 0.382 e. The molecule has 0 amide bonds. The minimum Gasteiger partial charge on any atom is -0.382 e. The minimum atomic E-state index is -3.32. The highest BCUT2D eigenvalue weighted by molar-refractivity contribution is 7.99. The average molecular weight is 461 g/mol. The second kappa shape index (κ2) is 8.56. The molecule has 0 fully saturated rings. The SMILES string of the molecule is CCc1cc2c(cc1Sc1nc3c(N)ncnc3n1CCCS(=O)(=O)NC)C(=O)CC2. The van der Waals surface area contributed by atoms with Gasteiger partial charge in [-0.1, -0.05) is 24.8 Å². The molecule has 9 nitrogen and oxygen atoms in total. The molecule has 164 valence electrons. The third-order valence-electron chi connectivity index (χ3n) is 5.42. The number of nitrogens with zero attached hydrogens (tertiary/aromatic N) is 4. The Balaban J connectivity index is 1.73. The van der Waals surface area contributed by atoms with E-state index in [1.165, 1.54) is 25.1 Å². The number of benzene rings is 1. The van der Waals surface area contributed by atoms with Gasteiger partial charge in [-0.05, 0) is 43.5 Å². The van der Waals surface area contributed by atoms with Crippen LogP contribution in [0.4, 0.5) is 5.82 Å². The van der Waals surface area contributed by atoms with Gasteiger partial charge < -0.3 is 10.3 Å². The molecule has 0 radical (unpaired) electrons. The standard InChI is InChI=1S/C20H24N6O3S2/c1-3-12-9-13-5-6-15(27)14(13)10-16(12)30-20-25-17-18(21)23-11-24-19(17)26(20)7-4-8-31(28,29)22-2/h9-11,22H,3-8H2,1-2H3,(H2,21,23,24). The first-order valence-electron chi connectivity index (χ1n) is 10.1. The third kappa shape index (κ3) is 4.30. The van der Waals surface area contributed by atoms with Gasteiger partial charge in [-0.25, -0.2) is 28.1 Å². The molecule has 0 unspecified atom stereocenters. The van der Waals surface area contributed by atoms with E-state index in [0.717, 1.165) is 34.4 Å². The molecule has 0 aliphatic heterocycles. The number of Topliss-reactive ketones (excluding diaryl/α,β-unsaturated/α-hetero) is 1. The Morgan fingerprint density at radius 2 is 2.06 bits per heavy atom. The monoisotopic (exact) mass is 460 g/mol. The van der Waals surface area contributed by atoms with Crippen molar-refractivity contribution < 1.29 is 13.2 Å². The molecule has 1 aliphatic carbocycles. The number of aromatic nitrogens is 4. The van der Waals surface area contributed by atoms with Gasteiger partial charge in [0.25, 0.3) is 0 Å². The van der Waals surface area contributed by atoms with Crippen molar-refractivity contribution in [1.29, 1.82) is 0 Å². The van der Waals surface area contributed by atoms with E-state index in [1.807, 2.05) is 10.6 Å². The van der Waals surface area contributed by atoms with Gasteiger partial charge in [0, 0.05) is 23.4 Å². The van der Waals surface area contributed by atoms with Crippen LogP contribution in [0, 0.1) is 0 Å². The van der Waals surface area contributed by atoms with Crippen molar-refractivity contribution in [2.75, 3.05) is 18.5 Å². The molecule has 0 saturated carbocycles. The van der Waals surface area contributed by atoms with Crippen LogP contribution in [0.25, 0.3) is 11.2 Å². The molecular formula is C20H24N6O3S2. The van der Waals surface area contributed by atoms with Crippen LogP contribution in [0.2, 0.25) is 0 Å². The highest BCUT2D eigenvalue weighted by atomic mass is 32.2. The van der Waals surface area contributed by atoms with Crippen LogP contribution in [0.5, 0.6) is 0 Å². The van der Waals surface area contributed by atoms with E-state index in [-0.39, 0.29) is 17.4 Å². The summed E-state index contributed by atoms with van der Waals surface area (Å²) >= 11 is 1.44. The predicted octanol–water partition coefficient (Wildman–Crippen LogP) is 2.19. The average Bonchev–Trinajstić information content (AvgIpc) is 3.29. The van der Waals surface area contributed by atoms with Gasteiger partial charge in [-0.2, -0.15) is 0 Å². The van der Waals surface area contributed by atoms with E-state index in [0.29, 0.717) is 35.7 Å². The lowest BCUT2D eigenvalue weighted by molar-refractivity contribution is 0.0994. The van der Waals surface area contributed by atoms with Crippen molar-refractivity contribution in [1.82, 2.24) is 24.2 Å². The quantitative estimate of drug-likeness (QED) is 0.523. The first kappa shape index (κ1) is 21.7. The zero-order valence-corrected chi connectivity index (χ0v) is 19.0. The summed E-state index contributed by atoms with van der Waals surface area (Å²) in [6.45, 7) is 2.49. The van der Waals surface area contributed by atoms with Gasteiger partial charge in [0.05, 0.1) is 5.75 Å². The minimum absolute atomic E-state index is 0.0125. The number of hydrogen-bond donors (Lipinski definition) is 2. The Morgan fingerprint density at radius 1 is 1.26 bits per heavy atom. The maximum atomic E-state index is 12.3.